The first-order chi connectivity index (χ1) is 22.9. The molecule has 2 unspecified atom stereocenters. The molecule has 0 nitrogen and oxygen atoms in total. The first-order valence-corrected chi connectivity index (χ1v) is 34.6. The predicted molar refractivity (Wildman–Crippen MR) is 214 cm³/mol. The molecule has 48 heavy (non-hydrogen) atoms. The Labute approximate surface area is 299 Å². The van der Waals surface area contributed by atoms with E-state index in [0.717, 1.165) is 12.8 Å². The third kappa shape index (κ3) is 6.38. The molecule has 2 aliphatic rings. The second-order valence-electron chi connectivity index (χ2n) is 15.7. The SMILES string of the molecule is CCCCCCC1=Cc2c(-c3ccc(CC)cc3)cccc2[CH]1[Zr]([Cl])([Cl])([CH]1C=Cc2c(-c3ccc(C(C)(C)C)cc3)cccc21)[SiH](C)C. The van der Waals surface area contributed by atoms with Gasteiger partial charge >= 0.3 is 302 Å². The molecule has 0 spiro atoms. The molecule has 0 radical (unpaired) electrons. The van der Waals surface area contributed by atoms with Crippen LogP contribution >= 0.6 is 17.0 Å². The van der Waals surface area contributed by atoms with Crippen LogP contribution in [0.4, 0.5) is 0 Å². The van der Waals surface area contributed by atoms with Gasteiger partial charge in [0, 0.05) is 0 Å². The summed E-state index contributed by atoms with van der Waals surface area (Å²) >= 11 is -4.74. The van der Waals surface area contributed by atoms with Crippen LogP contribution in [-0.4, -0.2) is 5.92 Å². The number of hydrogen-bond acceptors (Lipinski definition) is 0. The van der Waals surface area contributed by atoms with E-state index in [2.05, 4.69) is 151 Å². The van der Waals surface area contributed by atoms with E-state index in [4.69, 9.17) is 17.0 Å². The summed E-state index contributed by atoms with van der Waals surface area (Å²) in [5.41, 5.74) is 14.8. The van der Waals surface area contributed by atoms with Gasteiger partial charge in [0.2, 0.25) is 0 Å². The number of fused-ring (bicyclic) bond motifs is 2. The number of halogens is 2. The van der Waals surface area contributed by atoms with Gasteiger partial charge in [-0.05, 0) is 0 Å². The summed E-state index contributed by atoms with van der Waals surface area (Å²) in [5, 5.41) is 0. The van der Waals surface area contributed by atoms with Gasteiger partial charge in [0.05, 0.1) is 0 Å². The number of allylic oxidation sites excluding steroid dienone is 2. The standard InChI is InChI=1S/C23H27.C19H19.C2H7Si.2ClH.Zr/c1-3-5-6-7-9-19-16-21-10-8-11-22(23(21)17-19)20-14-12-18(4-2)13-15-20;1-19(2,3)16-12-10-15(11-13-16)18-9-5-7-14-6-4-8-17(14)18;1-3-2;;;/h8,10-17H,3-7,9H2,1-2H3;4-13H,1-3H3;3H,1-2H3;2*1H;/q;;;;;+2/p-2. The average molecular weight is 772 g/mol. The fourth-order valence-corrected chi connectivity index (χ4v) is 37.8. The summed E-state index contributed by atoms with van der Waals surface area (Å²) in [6, 6.07) is 32.1. The molecule has 0 aliphatic heterocycles. The first kappa shape index (κ1) is 35.9. The molecular weight excluding hydrogens is 719 g/mol. The minimum atomic E-state index is -4.74. The molecule has 0 bridgehead atoms. The molecule has 4 aromatic rings. The summed E-state index contributed by atoms with van der Waals surface area (Å²) < 4.78 is 0.219. The molecule has 6 rings (SSSR count). The van der Waals surface area contributed by atoms with Gasteiger partial charge in [-0.2, -0.15) is 0 Å². The van der Waals surface area contributed by atoms with E-state index in [1.54, 1.807) is 0 Å². The van der Waals surface area contributed by atoms with Crippen molar-refractivity contribution >= 4 is 35.1 Å². The molecule has 0 aromatic heterocycles. The number of rotatable bonds is 11. The van der Waals surface area contributed by atoms with Crippen LogP contribution in [0.3, 0.4) is 0 Å². The van der Waals surface area contributed by atoms with E-state index < -0.39 is 21.5 Å². The molecule has 0 saturated heterocycles. The normalized spacial score (nSPS) is 18.0. The van der Waals surface area contributed by atoms with E-state index in [1.165, 1.54) is 86.9 Å². The second-order valence-corrected chi connectivity index (χ2v) is 58.3. The predicted octanol–water partition coefficient (Wildman–Crippen LogP) is 14.0. The van der Waals surface area contributed by atoms with Crippen molar-refractivity contribution in [1.82, 2.24) is 0 Å². The summed E-state index contributed by atoms with van der Waals surface area (Å²) in [6.45, 7) is 16.2. The second kappa shape index (κ2) is 14.0. The Morgan fingerprint density at radius 2 is 1.31 bits per heavy atom. The van der Waals surface area contributed by atoms with Crippen molar-refractivity contribution < 1.29 is 15.6 Å². The molecule has 2 atom stereocenters. The fraction of sp³-hybridized carbons (Fsp3) is 0.364. The number of benzene rings is 4. The molecule has 0 heterocycles. The van der Waals surface area contributed by atoms with Crippen LogP contribution in [0, 0.1) is 0 Å². The van der Waals surface area contributed by atoms with Gasteiger partial charge in [0.25, 0.3) is 0 Å². The zero-order chi connectivity index (χ0) is 34.3. The minimum absolute atomic E-state index is 0.0905. The molecule has 0 fully saturated rings. The first-order valence-electron chi connectivity index (χ1n) is 18.3. The van der Waals surface area contributed by atoms with Crippen molar-refractivity contribution in [3.8, 4) is 22.3 Å². The summed E-state index contributed by atoms with van der Waals surface area (Å²) in [5.74, 6) is -1.59. The van der Waals surface area contributed by atoms with Crippen LogP contribution in [0.2, 0.25) is 13.1 Å². The van der Waals surface area contributed by atoms with Crippen LogP contribution in [-0.2, 0) is 27.4 Å². The number of unbranched alkanes of at least 4 members (excludes halogenated alkanes) is 3. The maximum absolute atomic E-state index is 8.58. The molecule has 251 valence electrons. The molecule has 4 aromatic carbocycles. The van der Waals surface area contributed by atoms with Gasteiger partial charge in [-0.25, -0.2) is 0 Å². The molecule has 0 amide bonds. The van der Waals surface area contributed by atoms with E-state index in [9.17, 15) is 0 Å². The summed E-state index contributed by atoms with van der Waals surface area (Å²) in [4.78, 5) is 0. The van der Waals surface area contributed by atoms with Crippen molar-refractivity contribution in [3.63, 3.8) is 0 Å². The van der Waals surface area contributed by atoms with E-state index >= 15 is 0 Å². The fourth-order valence-electron chi connectivity index (χ4n) is 8.35. The number of hydrogen-bond donors (Lipinski definition) is 0. The van der Waals surface area contributed by atoms with Crippen LogP contribution in [0.1, 0.15) is 107 Å². The zero-order valence-corrected chi connectivity index (χ0v) is 35.2. The van der Waals surface area contributed by atoms with E-state index in [-0.39, 0.29) is 12.7 Å². The van der Waals surface area contributed by atoms with Gasteiger partial charge in [-0.1, -0.05) is 0 Å². The molecule has 2 aliphatic carbocycles. The topological polar surface area (TPSA) is 0 Å². The Hall–Kier alpha value is -1.96. The Morgan fingerprint density at radius 1 is 0.708 bits per heavy atom. The van der Waals surface area contributed by atoms with Crippen LogP contribution in [0.25, 0.3) is 34.4 Å². The van der Waals surface area contributed by atoms with E-state index in [0.29, 0.717) is 0 Å². The average Bonchev–Trinajstić information content (AvgIpc) is 3.70. The van der Waals surface area contributed by atoms with Gasteiger partial charge in [0.1, 0.15) is 0 Å². The maximum atomic E-state index is 8.58. The Kier molecular flexibility index (Phi) is 10.4. The third-order valence-electron chi connectivity index (χ3n) is 11.4. The van der Waals surface area contributed by atoms with Crippen LogP contribution in [0.15, 0.2) is 96.6 Å². The Balaban J connectivity index is 1.48. The van der Waals surface area contributed by atoms with Crippen molar-refractivity contribution in [1.29, 1.82) is 0 Å². The number of aryl methyl sites for hydroxylation is 1. The molecule has 4 heteroatoms. The molecule has 0 N–H and O–H groups in total. The monoisotopic (exact) mass is 769 g/mol. The van der Waals surface area contributed by atoms with Gasteiger partial charge < -0.3 is 0 Å². The van der Waals surface area contributed by atoms with Crippen molar-refractivity contribution in [2.24, 2.45) is 0 Å². The van der Waals surface area contributed by atoms with Gasteiger partial charge in [-0.3, -0.25) is 0 Å². The summed E-state index contributed by atoms with van der Waals surface area (Å²) in [6.07, 6.45) is 14.4. The Morgan fingerprint density at radius 3 is 1.90 bits per heavy atom. The molecular formula is C44H53Cl2SiZr. The third-order valence-corrected chi connectivity index (χ3v) is 63.4. The zero-order valence-electron chi connectivity index (χ0n) is 30.0. The van der Waals surface area contributed by atoms with Crippen LogP contribution in [0.5, 0.6) is 0 Å². The van der Waals surface area contributed by atoms with Crippen molar-refractivity contribution in [3.05, 3.63) is 130 Å². The summed E-state index contributed by atoms with van der Waals surface area (Å²) in [7, 11) is 17.2. The van der Waals surface area contributed by atoms with Crippen LogP contribution < -0.4 is 0 Å². The quantitative estimate of drug-likeness (QED) is 0.105. The van der Waals surface area contributed by atoms with E-state index in [1.807, 2.05) is 0 Å². The molecule has 0 saturated carbocycles. The van der Waals surface area contributed by atoms with Crippen molar-refractivity contribution in [2.45, 2.75) is 98.9 Å². The van der Waals surface area contributed by atoms with Gasteiger partial charge in [-0.15, -0.1) is 0 Å². The van der Waals surface area contributed by atoms with Crippen molar-refractivity contribution in [2.75, 3.05) is 0 Å². The van der Waals surface area contributed by atoms with Gasteiger partial charge in [0.15, 0.2) is 0 Å². The Bertz CT molecular complexity index is 1840.